The van der Waals surface area contributed by atoms with Crippen LogP contribution in [0.5, 0.6) is 11.6 Å². The number of aromatic nitrogens is 5. The van der Waals surface area contributed by atoms with Gasteiger partial charge in [-0.05, 0) is 56.6 Å². The monoisotopic (exact) mass is 530 g/mol. The van der Waals surface area contributed by atoms with Crippen molar-refractivity contribution in [3.05, 3.63) is 91.3 Å². The predicted octanol–water partition coefficient (Wildman–Crippen LogP) is 6.18. The third-order valence-corrected chi connectivity index (χ3v) is 6.69. The summed E-state index contributed by atoms with van der Waals surface area (Å²) in [6.45, 7) is 1.72. The molecule has 3 aromatic heterocycles. The third kappa shape index (κ3) is 5.02. The van der Waals surface area contributed by atoms with Gasteiger partial charge in [-0.15, -0.1) is 0 Å². The highest BCUT2D eigenvalue weighted by Gasteiger charge is 2.16. The summed E-state index contributed by atoms with van der Waals surface area (Å²) in [5.74, 6) is 2.51. The van der Waals surface area contributed by atoms with Gasteiger partial charge in [0.15, 0.2) is 0 Å². The summed E-state index contributed by atoms with van der Waals surface area (Å²) in [6, 6.07) is 26.1. The van der Waals surface area contributed by atoms with E-state index in [9.17, 15) is 0 Å². The minimum atomic E-state index is 0.472. The zero-order chi connectivity index (χ0) is 27.5. The van der Waals surface area contributed by atoms with Crippen LogP contribution in [-0.2, 0) is 6.54 Å². The van der Waals surface area contributed by atoms with Crippen molar-refractivity contribution in [2.45, 2.75) is 6.54 Å². The molecule has 6 aromatic rings. The first kappa shape index (κ1) is 25.3. The SMILES string of the molecule is CNc1nccc(-c2cccnc2Oc2ccc(Nc3nc4ccccc4n3CCN(C)C)c3ccccc23)n1. The normalized spacial score (nSPS) is 11.3. The number of imidazole rings is 1. The molecular weight excluding hydrogens is 500 g/mol. The van der Waals surface area contributed by atoms with E-state index in [1.165, 1.54) is 0 Å². The molecule has 3 heterocycles. The Labute approximate surface area is 232 Å². The molecule has 0 saturated carbocycles. The van der Waals surface area contributed by atoms with E-state index >= 15 is 0 Å². The summed E-state index contributed by atoms with van der Waals surface area (Å²) < 4.78 is 8.68. The standard InChI is InChI=1S/C31H30N8O/c1-32-30-34-18-16-25(35-30)23-11-8-17-33-29(23)40-28-15-14-24(21-9-4-5-10-22(21)28)36-31-37-26-12-6-7-13-27(26)39(31)20-19-38(2)3/h4-18H,19-20H2,1-3H3,(H,36,37)(H,32,34,35). The lowest BCUT2D eigenvalue weighted by Crippen LogP contribution is -2.19. The van der Waals surface area contributed by atoms with Crippen LogP contribution in [0.25, 0.3) is 33.1 Å². The van der Waals surface area contributed by atoms with E-state index in [1.54, 1.807) is 19.4 Å². The number of nitrogens with one attached hydrogen (secondary N) is 2. The Morgan fingerprint density at radius 2 is 1.65 bits per heavy atom. The number of anilines is 3. The van der Waals surface area contributed by atoms with E-state index in [2.05, 4.69) is 73.4 Å². The maximum absolute atomic E-state index is 6.45. The number of benzene rings is 3. The number of likely N-dealkylation sites (N-methyl/N-ethyl adjacent to an activating group) is 1. The fraction of sp³-hybridized carbons (Fsp3) is 0.161. The molecule has 2 N–H and O–H groups in total. The van der Waals surface area contributed by atoms with Crippen LogP contribution < -0.4 is 15.4 Å². The zero-order valence-corrected chi connectivity index (χ0v) is 22.7. The summed E-state index contributed by atoms with van der Waals surface area (Å²) in [5, 5.41) is 8.56. The minimum absolute atomic E-state index is 0.472. The van der Waals surface area contributed by atoms with Gasteiger partial charge < -0.3 is 24.8 Å². The Hall–Kier alpha value is -5.02. The molecule has 0 spiro atoms. The maximum Gasteiger partial charge on any atom is 0.228 e. The van der Waals surface area contributed by atoms with Crippen molar-refractivity contribution in [3.63, 3.8) is 0 Å². The molecule has 0 saturated heterocycles. The number of para-hydroxylation sites is 2. The minimum Gasteiger partial charge on any atom is -0.438 e. The highest BCUT2D eigenvalue weighted by molar-refractivity contribution is 5.99. The van der Waals surface area contributed by atoms with Crippen LogP contribution >= 0.6 is 0 Å². The van der Waals surface area contributed by atoms with Gasteiger partial charge >= 0.3 is 0 Å². The van der Waals surface area contributed by atoms with Crippen molar-refractivity contribution in [1.29, 1.82) is 0 Å². The number of nitrogens with zero attached hydrogens (tertiary/aromatic N) is 6. The first-order chi connectivity index (χ1) is 19.6. The van der Waals surface area contributed by atoms with E-state index in [4.69, 9.17) is 9.72 Å². The van der Waals surface area contributed by atoms with E-state index in [0.717, 1.165) is 57.8 Å². The molecule has 200 valence electrons. The second-order valence-corrected chi connectivity index (χ2v) is 9.63. The molecule has 0 atom stereocenters. The number of fused-ring (bicyclic) bond motifs is 2. The molecule has 0 aliphatic rings. The predicted molar refractivity (Wildman–Crippen MR) is 160 cm³/mol. The number of rotatable bonds is 9. The van der Waals surface area contributed by atoms with Gasteiger partial charge in [0.05, 0.1) is 22.3 Å². The van der Waals surface area contributed by atoms with E-state index in [0.29, 0.717) is 17.6 Å². The lowest BCUT2D eigenvalue weighted by atomic mass is 10.1. The Kier molecular flexibility index (Phi) is 6.95. The van der Waals surface area contributed by atoms with Gasteiger partial charge in [0.2, 0.25) is 17.8 Å². The molecular formula is C31H30N8O. The van der Waals surface area contributed by atoms with Gasteiger partial charge in [-0.1, -0.05) is 36.4 Å². The van der Waals surface area contributed by atoms with Crippen molar-refractivity contribution in [2.75, 3.05) is 38.3 Å². The van der Waals surface area contributed by atoms with Crippen LogP contribution in [-0.4, -0.2) is 57.1 Å². The summed E-state index contributed by atoms with van der Waals surface area (Å²) in [7, 11) is 5.95. The number of pyridine rings is 1. The molecule has 0 aliphatic carbocycles. The molecule has 0 amide bonds. The van der Waals surface area contributed by atoms with E-state index in [-0.39, 0.29) is 0 Å². The van der Waals surface area contributed by atoms with Gasteiger partial charge in [0, 0.05) is 49.0 Å². The molecule has 0 aliphatic heterocycles. The van der Waals surface area contributed by atoms with Gasteiger partial charge in [0.1, 0.15) is 5.75 Å². The molecule has 0 bridgehead atoms. The highest BCUT2D eigenvalue weighted by atomic mass is 16.5. The summed E-state index contributed by atoms with van der Waals surface area (Å²) in [4.78, 5) is 20.4. The van der Waals surface area contributed by atoms with Gasteiger partial charge in [-0.2, -0.15) is 0 Å². The number of ether oxygens (including phenoxy) is 1. The largest absolute Gasteiger partial charge is 0.438 e. The number of hydrogen-bond donors (Lipinski definition) is 2. The number of hydrogen-bond acceptors (Lipinski definition) is 8. The first-order valence-electron chi connectivity index (χ1n) is 13.1. The molecule has 6 rings (SSSR count). The van der Waals surface area contributed by atoms with Crippen molar-refractivity contribution in [3.8, 4) is 22.9 Å². The van der Waals surface area contributed by atoms with Crippen molar-refractivity contribution < 1.29 is 4.74 Å². The van der Waals surface area contributed by atoms with Crippen molar-refractivity contribution >= 4 is 39.4 Å². The Morgan fingerprint density at radius 3 is 2.50 bits per heavy atom. The van der Waals surface area contributed by atoms with Crippen LogP contribution in [0.3, 0.4) is 0 Å². The van der Waals surface area contributed by atoms with E-state index < -0.39 is 0 Å². The summed E-state index contributed by atoms with van der Waals surface area (Å²) >= 11 is 0. The smallest absolute Gasteiger partial charge is 0.228 e. The van der Waals surface area contributed by atoms with Gasteiger partial charge in [-0.25, -0.2) is 19.9 Å². The van der Waals surface area contributed by atoms with Crippen molar-refractivity contribution in [1.82, 2.24) is 29.4 Å². The van der Waals surface area contributed by atoms with Crippen LogP contribution in [0.4, 0.5) is 17.6 Å². The third-order valence-electron chi connectivity index (χ3n) is 6.69. The average molecular weight is 531 g/mol. The molecule has 40 heavy (non-hydrogen) atoms. The van der Waals surface area contributed by atoms with Gasteiger partial charge in [0.25, 0.3) is 0 Å². The Balaban J connectivity index is 1.37. The van der Waals surface area contributed by atoms with Gasteiger partial charge in [-0.3, -0.25) is 0 Å². The summed E-state index contributed by atoms with van der Waals surface area (Å²) in [5.41, 5.74) is 4.51. The zero-order valence-electron chi connectivity index (χ0n) is 22.7. The quantitative estimate of drug-likeness (QED) is 0.229. The molecule has 9 heteroatoms. The topological polar surface area (TPSA) is 93.0 Å². The molecule has 3 aromatic carbocycles. The lowest BCUT2D eigenvalue weighted by Gasteiger charge is -2.16. The molecule has 0 unspecified atom stereocenters. The van der Waals surface area contributed by atoms with Crippen LogP contribution in [0.2, 0.25) is 0 Å². The molecule has 0 radical (unpaired) electrons. The van der Waals surface area contributed by atoms with Crippen LogP contribution in [0, 0.1) is 0 Å². The Morgan fingerprint density at radius 1 is 0.825 bits per heavy atom. The molecule has 0 fully saturated rings. The fourth-order valence-electron chi connectivity index (χ4n) is 4.69. The van der Waals surface area contributed by atoms with Crippen molar-refractivity contribution in [2.24, 2.45) is 0 Å². The van der Waals surface area contributed by atoms with Crippen LogP contribution in [0.1, 0.15) is 0 Å². The second-order valence-electron chi connectivity index (χ2n) is 9.63. The maximum atomic E-state index is 6.45. The highest BCUT2D eigenvalue weighted by Crippen LogP contribution is 2.38. The first-order valence-corrected chi connectivity index (χ1v) is 13.1. The molecule has 9 nitrogen and oxygen atoms in total. The Bertz CT molecular complexity index is 1800. The van der Waals surface area contributed by atoms with Crippen LogP contribution in [0.15, 0.2) is 91.3 Å². The summed E-state index contributed by atoms with van der Waals surface area (Å²) in [6.07, 6.45) is 3.43. The lowest BCUT2D eigenvalue weighted by molar-refractivity contribution is 0.387. The average Bonchev–Trinajstić information content (AvgIpc) is 3.34. The van der Waals surface area contributed by atoms with E-state index in [1.807, 2.05) is 54.6 Å². The fourth-order valence-corrected chi connectivity index (χ4v) is 4.69. The second kappa shape index (κ2) is 11.0.